The summed E-state index contributed by atoms with van der Waals surface area (Å²) >= 11 is 0. The van der Waals surface area contributed by atoms with Crippen LogP contribution in [0.3, 0.4) is 0 Å². The number of rotatable bonds is 4. The minimum atomic E-state index is 0.818. The van der Waals surface area contributed by atoms with E-state index in [1.807, 2.05) is 27.0 Å². The van der Waals surface area contributed by atoms with Gasteiger partial charge in [-0.1, -0.05) is 40.2 Å². The molecule has 0 unspecified atom stereocenters. The Labute approximate surface area is 94.9 Å². The molecule has 1 rings (SSSR count). The zero-order valence-corrected chi connectivity index (χ0v) is 10.9. The molecule has 15 heavy (non-hydrogen) atoms. The average molecular weight is 207 g/mol. The lowest BCUT2D eigenvalue weighted by Crippen LogP contribution is -1.92. The van der Waals surface area contributed by atoms with Crippen molar-refractivity contribution in [3.8, 4) is 0 Å². The molecule has 0 atom stereocenters. The molecule has 1 aromatic heterocycles. The fourth-order valence-electron chi connectivity index (χ4n) is 1.36. The Morgan fingerprint density at radius 3 is 2.33 bits per heavy atom. The van der Waals surface area contributed by atoms with Gasteiger partial charge in [0.05, 0.1) is 0 Å². The van der Waals surface area contributed by atoms with Crippen LogP contribution in [0.15, 0.2) is 18.3 Å². The van der Waals surface area contributed by atoms with E-state index in [4.69, 9.17) is 0 Å². The fraction of sp³-hybridized carbons (Fsp3) is 0.643. The van der Waals surface area contributed by atoms with Crippen LogP contribution in [0.4, 0.5) is 0 Å². The second-order valence-corrected chi connectivity index (χ2v) is 4.09. The quantitative estimate of drug-likeness (QED) is 0.713. The molecule has 1 heterocycles. The minimum absolute atomic E-state index is 0.818. The van der Waals surface area contributed by atoms with Gasteiger partial charge in [0.15, 0.2) is 0 Å². The molecule has 0 aliphatic heterocycles. The summed E-state index contributed by atoms with van der Waals surface area (Å²) in [6.45, 7) is 10.6. The van der Waals surface area contributed by atoms with Crippen LogP contribution >= 0.6 is 0 Å². The number of pyridine rings is 1. The van der Waals surface area contributed by atoms with Gasteiger partial charge in [0, 0.05) is 11.9 Å². The Bertz CT molecular complexity index is 236. The van der Waals surface area contributed by atoms with Gasteiger partial charge < -0.3 is 0 Å². The van der Waals surface area contributed by atoms with Crippen molar-refractivity contribution in [1.82, 2.24) is 4.98 Å². The van der Waals surface area contributed by atoms with E-state index in [1.165, 1.54) is 24.8 Å². The van der Waals surface area contributed by atoms with Crippen LogP contribution < -0.4 is 0 Å². The van der Waals surface area contributed by atoms with Crippen LogP contribution in [-0.2, 0) is 6.42 Å². The van der Waals surface area contributed by atoms with Crippen LogP contribution in [0.1, 0.15) is 51.8 Å². The lowest BCUT2D eigenvalue weighted by Gasteiger charge is -2.04. The zero-order valence-electron chi connectivity index (χ0n) is 10.9. The number of aryl methyl sites for hydroxylation is 2. The highest BCUT2D eigenvalue weighted by Crippen LogP contribution is 2.09. The topological polar surface area (TPSA) is 12.9 Å². The Hall–Kier alpha value is -0.850. The van der Waals surface area contributed by atoms with E-state index in [2.05, 4.69) is 31.0 Å². The van der Waals surface area contributed by atoms with Crippen LogP contribution in [0.5, 0.6) is 0 Å². The molecule has 1 nitrogen and oxygen atoms in total. The Morgan fingerprint density at radius 1 is 1.20 bits per heavy atom. The van der Waals surface area contributed by atoms with Crippen molar-refractivity contribution in [1.29, 1.82) is 0 Å². The second kappa shape index (κ2) is 8.46. The summed E-state index contributed by atoms with van der Waals surface area (Å²) in [6, 6.07) is 4.27. The first-order chi connectivity index (χ1) is 7.18. The Balaban J connectivity index is 0.000000921. The molecule has 0 aliphatic rings. The van der Waals surface area contributed by atoms with E-state index in [0.717, 1.165) is 11.6 Å². The van der Waals surface area contributed by atoms with Crippen LogP contribution in [0.2, 0.25) is 0 Å². The third-order valence-corrected chi connectivity index (χ3v) is 2.22. The molecular formula is C14H25N. The van der Waals surface area contributed by atoms with Crippen molar-refractivity contribution in [3.63, 3.8) is 0 Å². The van der Waals surface area contributed by atoms with Gasteiger partial charge in [-0.3, -0.25) is 4.98 Å². The normalized spacial score (nSPS) is 9.73. The molecular weight excluding hydrogens is 182 g/mol. The van der Waals surface area contributed by atoms with Gasteiger partial charge in [-0.15, -0.1) is 0 Å². The van der Waals surface area contributed by atoms with Gasteiger partial charge in [-0.25, -0.2) is 0 Å². The lowest BCUT2D eigenvalue weighted by atomic mass is 10.0. The van der Waals surface area contributed by atoms with E-state index < -0.39 is 0 Å². The maximum Gasteiger partial charge on any atom is 0.0372 e. The molecule has 0 amide bonds. The van der Waals surface area contributed by atoms with E-state index in [1.54, 1.807) is 0 Å². The van der Waals surface area contributed by atoms with E-state index >= 15 is 0 Å². The molecule has 86 valence electrons. The van der Waals surface area contributed by atoms with Gasteiger partial charge >= 0.3 is 0 Å². The van der Waals surface area contributed by atoms with Gasteiger partial charge in [0.2, 0.25) is 0 Å². The summed E-state index contributed by atoms with van der Waals surface area (Å²) in [7, 11) is 0. The largest absolute Gasteiger partial charge is 0.261 e. The van der Waals surface area contributed by atoms with Crippen molar-refractivity contribution in [2.24, 2.45) is 5.92 Å². The first-order valence-corrected chi connectivity index (χ1v) is 6.10. The maximum atomic E-state index is 4.28. The van der Waals surface area contributed by atoms with Crippen LogP contribution in [0, 0.1) is 12.8 Å². The van der Waals surface area contributed by atoms with Crippen LogP contribution in [-0.4, -0.2) is 4.98 Å². The summed E-state index contributed by atoms with van der Waals surface area (Å²) < 4.78 is 0. The summed E-state index contributed by atoms with van der Waals surface area (Å²) in [5, 5.41) is 0. The molecule has 0 saturated heterocycles. The van der Waals surface area contributed by atoms with Gasteiger partial charge in [0.25, 0.3) is 0 Å². The molecule has 0 fully saturated rings. The molecule has 0 aromatic carbocycles. The third-order valence-electron chi connectivity index (χ3n) is 2.22. The molecule has 0 radical (unpaired) electrons. The predicted octanol–water partition coefficient (Wildman–Crippen LogP) is 4.39. The monoisotopic (exact) mass is 207 g/mol. The van der Waals surface area contributed by atoms with Gasteiger partial charge in [0.1, 0.15) is 0 Å². The molecule has 0 bridgehead atoms. The second-order valence-electron chi connectivity index (χ2n) is 4.09. The first-order valence-electron chi connectivity index (χ1n) is 6.10. The van der Waals surface area contributed by atoms with E-state index in [-0.39, 0.29) is 0 Å². The number of hydrogen-bond acceptors (Lipinski definition) is 1. The Kier molecular flexibility index (Phi) is 7.98. The van der Waals surface area contributed by atoms with Crippen molar-refractivity contribution >= 4 is 0 Å². The van der Waals surface area contributed by atoms with Crippen molar-refractivity contribution in [2.75, 3.05) is 0 Å². The molecule has 0 aliphatic carbocycles. The highest BCUT2D eigenvalue weighted by Gasteiger charge is 1.96. The molecule has 1 aromatic rings. The number of nitrogens with zero attached hydrogens (tertiary/aromatic N) is 1. The highest BCUT2D eigenvalue weighted by atomic mass is 14.6. The highest BCUT2D eigenvalue weighted by molar-refractivity contribution is 5.12. The molecule has 0 saturated carbocycles. The summed E-state index contributed by atoms with van der Waals surface area (Å²) in [4.78, 5) is 4.28. The SMILES string of the molecule is CC.Cc1ccc(CCCC(C)C)cn1. The lowest BCUT2D eigenvalue weighted by molar-refractivity contribution is 0.555. The molecule has 0 spiro atoms. The smallest absolute Gasteiger partial charge is 0.0372 e. The fourth-order valence-corrected chi connectivity index (χ4v) is 1.36. The van der Waals surface area contributed by atoms with Crippen molar-refractivity contribution in [2.45, 2.75) is 53.9 Å². The predicted molar refractivity (Wildman–Crippen MR) is 68.1 cm³/mol. The zero-order chi connectivity index (χ0) is 11.7. The summed E-state index contributed by atoms with van der Waals surface area (Å²) in [5.74, 6) is 0.818. The van der Waals surface area contributed by atoms with Crippen molar-refractivity contribution < 1.29 is 0 Å². The minimum Gasteiger partial charge on any atom is -0.261 e. The van der Waals surface area contributed by atoms with Crippen LogP contribution in [0.25, 0.3) is 0 Å². The maximum absolute atomic E-state index is 4.28. The summed E-state index contributed by atoms with van der Waals surface area (Å²) in [5.41, 5.74) is 2.47. The Morgan fingerprint density at radius 2 is 1.87 bits per heavy atom. The molecule has 1 heteroatoms. The summed E-state index contributed by atoms with van der Waals surface area (Å²) in [6.07, 6.45) is 5.76. The first kappa shape index (κ1) is 14.2. The number of hydrogen-bond donors (Lipinski definition) is 0. The van der Waals surface area contributed by atoms with E-state index in [0.29, 0.717) is 0 Å². The standard InChI is InChI=1S/C12H19N.C2H6/c1-10(2)5-4-6-12-8-7-11(3)13-9-12;1-2/h7-10H,4-6H2,1-3H3;1-2H3. The number of aromatic nitrogens is 1. The van der Waals surface area contributed by atoms with E-state index in [9.17, 15) is 0 Å². The van der Waals surface area contributed by atoms with Gasteiger partial charge in [-0.2, -0.15) is 0 Å². The van der Waals surface area contributed by atoms with Crippen molar-refractivity contribution in [3.05, 3.63) is 29.6 Å². The van der Waals surface area contributed by atoms with Gasteiger partial charge in [-0.05, 0) is 37.3 Å². The average Bonchev–Trinajstić information content (AvgIpc) is 2.23. The molecule has 0 N–H and O–H groups in total. The third kappa shape index (κ3) is 7.12.